The number of pyridine rings is 1. The number of fused-ring (bicyclic) bond motifs is 1. The van der Waals surface area contributed by atoms with Gasteiger partial charge in [0.2, 0.25) is 0 Å². The lowest BCUT2D eigenvalue weighted by molar-refractivity contribution is 0.969. The topological polar surface area (TPSA) is 50.7 Å². The van der Waals surface area contributed by atoms with Gasteiger partial charge in [0.1, 0.15) is 0 Å². The predicted octanol–water partition coefficient (Wildman–Crippen LogP) is 2.59. The maximum absolute atomic E-state index is 12.0. The highest BCUT2D eigenvalue weighted by Crippen LogP contribution is 2.38. The molecule has 0 saturated heterocycles. The highest BCUT2D eigenvalue weighted by molar-refractivity contribution is 5.77. The van der Waals surface area contributed by atoms with Crippen LogP contribution >= 0.6 is 0 Å². The third kappa shape index (κ3) is 1.68. The van der Waals surface area contributed by atoms with Crippen LogP contribution in [0, 0.1) is 0 Å². The van der Waals surface area contributed by atoms with Crippen molar-refractivity contribution in [1.29, 1.82) is 0 Å². The quantitative estimate of drug-likeness (QED) is 0.761. The predicted molar refractivity (Wildman–Crippen MR) is 73.7 cm³/mol. The van der Waals surface area contributed by atoms with Crippen LogP contribution in [0.4, 0.5) is 0 Å². The molecule has 0 spiro atoms. The number of nitrogens with one attached hydrogen (secondary N) is 1. The average Bonchev–Trinajstić information content (AvgIpc) is 3.22. The van der Waals surface area contributed by atoms with E-state index in [2.05, 4.69) is 9.97 Å². The molecule has 4 nitrogen and oxygen atoms in total. The van der Waals surface area contributed by atoms with Crippen LogP contribution in [0.3, 0.4) is 0 Å². The molecule has 0 radical (unpaired) electrons. The number of hydrogen-bond acceptors (Lipinski definition) is 2. The molecule has 2 heterocycles. The zero-order valence-corrected chi connectivity index (χ0v) is 10.3. The Morgan fingerprint density at radius 1 is 1.16 bits per heavy atom. The Morgan fingerprint density at radius 3 is 2.74 bits per heavy atom. The van der Waals surface area contributed by atoms with Crippen molar-refractivity contribution in [3.8, 4) is 5.69 Å². The fraction of sp³-hybridized carbons (Fsp3) is 0.200. The molecule has 1 N–H and O–H groups in total. The summed E-state index contributed by atoms with van der Waals surface area (Å²) < 4.78 is 1.67. The summed E-state index contributed by atoms with van der Waals surface area (Å²) >= 11 is 0. The number of aromatic amines is 1. The maximum Gasteiger partial charge on any atom is 0.331 e. The van der Waals surface area contributed by atoms with Gasteiger partial charge in [0, 0.05) is 11.6 Å². The molecule has 1 aliphatic rings. The summed E-state index contributed by atoms with van der Waals surface area (Å²) in [5.74, 6) is 0.633. The van der Waals surface area contributed by atoms with Gasteiger partial charge in [-0.05, 0) is 37.1 Å². The van der Waals surface area contributed by atoms with Crippen LogP contribution in [0.2, 0.25) is 0 Å². The van der Waals surface area contributed by atoms with E-state index in [4.69, 9.17) is 0 Å². The largest absolute Gasteiger partial charge is 0.331 e. The van der Waals surface area contributed by atoms with Gasteiger partial charge in [-0.2, -0.15) is 0 Å². The van der Waals surface area contributed by atoms with Crippen molar-refractivity contribution in [3.63, 3.8) is 0 Å². The van der Waals surface area contributed by atoms with Gasteiger partial charge in [0.15, 0.2) is 0 Å². The number of imidazole rings is 1. The monoisotopic (exact) mass is 251 g/mol. The SMILES string of the molecule is O=c1[nH]c2ccccc2n1-c1ccc(C2CC2)nc1. The molecule has 1 aliphatic carbocycles. The van der Waals surface area contributed by atoms with Crippen LogP contribution in [-0.4, -0.2) is 14.5 Å². The molecule has 19 heavy (non-hydrogen) atoms. The van der Waals surface area contributed by atoms with Crippen LogP contribution in [0.15, 0.2) is 47.4 Å². The van der Waals surface area contributed by atoms with Gasteiger partial charge >= 0.3 is 5.69 Å². The third-order valence-electron chi connectivity index (χ3n) is 3.61. The number of aromatic nitrogens is 3. The summed E-state index contributed by atoms with van der Waals surface area (Å²) in [5.41, 5.74) is 3.55. The lowest BCUT2D eigenvalue weighted by atomic mass is 10.2. The Bertz CT molecular complexity index is 794. The van der Waals surface area contributed by atoms with E-state index in [1.165, 1.54) is 12.8 Å². The normalized spacial score (nSPS) is 14.9. The van der Waals surface area contributed by atoms with E-state index in [0.29, 0.717) is 5.92 Å². The Labute approximate surface area is 109 Å². The molecule has 94 valence electrons. The molecule has 1 saturated carbocycles. The molecule has 0 aliphatic heterocycles. The van der Waals surface area contributed by atoms with E-state index < -0.39 is 0 Å². The average molecular weight is 251 g/mol. The molecule has 0 atom stereocenters. The molecule has 1 aromatic carbocycles. The number of para-hydroxylation sites is 2. The van der Waals surface area contributed by atoms with E-state index >= 15 is 0 Å². The Balaban J connectivity index is 1.89. The summed E-state index contributed by atoms with van der Waals surface area (Å²) in [4.78, 5) is 19.4. The number of H-pyrrole nitrogens is 1. The lowest BCUT2D eigenvalue weighted by Crippen LogP contribution is -2.14. The number of rotatable bonds is 2. The first-order valence-electron chi connectivity index (χ1n) is 6.49. The van der Waals surface area contributed by atoms with Crippen molar-refractivity contribution in [2.45, 2.75) is 18.8 Å². The zero-order chi connectivity index (χ0) is 12.8. The lowest BCUT2D eigenvalue weighted by Gasteiger charge is -2.04. The zero-order valence-electron chi connectivity index (χ0n) is 10.3. The van der Waals surface area contributed by atoms with Crippen molar-refractivity contribution >= 4 is 11.0 Å². The summed E-state index contributed by atoms with van der Waals surface area (Å²) in [6, 6.07) is 11.7. The molecule has 3 aromatic rings. The first-order valence-corrected chi connectivity index (χ1v) is 6.49. The fourth-order valence-electron chi connectivity index (χ4n) is 2.46. The minimum absolute atomic E-state index is 0.123. The van der Waals surface area contributed by atoms with Crippen LogP contribution in [0.5, 0.6) is 0 Å². The van der Waals surface area contributed by atoms with Crippen LogP contribution in [0.25, 0.3) is 16.7 Å². The molecular formula is C15H13N3O. The van der Waals surface area contributed by atoms with Crippen LogP contribution < -0.4 is 5.69 Å². The Morgan fingerprint density at radius 2 is 2.00 bits per heavy atom. The number of benzene rings is 1. The standard InChI is InChI=1S/C15H13N3O/c19-15-17-13-3-1-2-4-14(13)18(15)11-7-8-12(16-9-11)10-5-6-10/h1-4,7-10H,5-6H2,(H,17,19). The van der Waals surface area contributed by atoms with Crippen molar-refractivity contribution in [2.75, 3.05) is 0 Å². The van der Waals surface area contributed by atoms with Crippen LogP contribution in [0.1, 0.15) is 24.5 Å². The van der Waals surface area contributed by atoms with E-state index in [9.17, 15) is 4.79 Å². The second-order valence-corrected chi connectivity index (χ2v) is 5.00. The minimum Gasteiger partial charge on any atom is -0.305 e. The third-order valence-corrected chi connectivity index (χ3v) is 3.61. The minimum atomic E-state index is -0.123. The van der Waals surface area contributed by atoms with E-state index in [0.717, 1.165) is 22.4 Å². The van der Waals surface area contributed by atoms with Crippen LogP contribution in [-0.2, 0) is 0 Å². The molecule has 1 fully saturated rings. The Kier molecular flexibility index (Phi) is 2.12. The fourth-order valence-corrected chi connectivity index (χ4v) is 2.46. The molecule has 0 bridgehead atoms. The highest BCUT2D eigenvalue weighted by atomic mass is 16.1. The summed E-state index contributed by atoms with van der Waals surface area (Å²) in [6.07, 6.45) is 4.26. The van der Waals surface area contributed by atoms with Crippen molar-refractivity contribution < 1.29 is 0 Å². The Hall–Kier alpha value is -2.36. The number of hydrogen-bond donors (Lipinski definition) is 1. The second kappa shape index (κ2) is 3.82. The van der Waals surface area contributed by atoms with Gasteiger partial charge in [0.25, 0.3) is 0 Å². The van der Waals surface area contributed by atoms with Gasteiger partial charge in [-0.25, -0.2) is 4.79 Å². The summed E-state index contributed by atoms with van der Waals surface area (Å²) in [7, 11) is 0. The van der Waals surface area contributed by atoms with Crippen molar-refractivity contribution in [2.24, 2.45) is 0 Å². The van der Waals surface area contributed by atoms with E-state index in [1.807, 2.05) is 36.4 Å². The van der Waals surface area contributed by atoms with Gasteiger partial charge in [-0.3, -0.25) is 9.55 Å². The highest BCUT2D eigenvalue weighted by Gasteiger charge is 2.24. The van der Waals surface area contributed by atoms with Gasteiger partial charge in [-0.15, -0.1) is 0 Å². The van der Waals surface area contributed by atoms with Gasteiger partial charge in [-0.1, -0.05) is 12.1 Å². The molecule has 4 rings (SSSR count). The van der Waals surface area contributed by atoms with Crippen molar-refractivity contribution in [1.82, 2.24) is 14.5 Å². The molecule has 0 amide bonds. The van der Waals surface area contributed by atoms with Gasteiger partial charge in [0.05, 0.1) is 22.9 Å². The molecular weight excluding hydrogens is 238 g/mol. The summed E-state index contributed by atoms with van der Waals surface area (Å²) in [6.45, 7) is 0. The van der Waals surface area contributed by atoms with E-state index in [1.54, 1.807) is 10.8 Å². The first kappa shape index (κ1) is 10.6. The summed E-state index contributed by atoms with van der Waals surface area (Å²) in [5, 5.41) is 0. The van der Waals surface area contributed by atoms with Gasteiger partial charge < -0.3 is 4.98 Å². The molecule has 2 aromatic heterocycles. The second-order valence-electron chi connectivity index (χ2n) is 5.00. The number of nitrogens with zero attached hydrogens (tertiary/aromatic N) is 2. The first-order chi connectivity index (χ1) is 9.33. The smallest absolute Gasteiger partial charge is 0.305 e. The van der Waals surface area contributed by atoms with Crippen molar-refractivity contribution in [3.05, 3.63) is 58.8 Å². The maximum atomic E-state index is 12.0. The molecule has 0 unspecified atom stereocenters. The van der Waals surface area contributed by atoms with E-state index in [-0.39, 0.29) is 5.69 Å². The molecule has 4 heteroatoms.